The first-order valence-electron chi connectivity index (χ1n) is 10.0. The summed E-state index contributed by atoms with van der Waals surface area (Å²) < 4.78 is 0. The van der Waals surface area contributed by atoms with Crippen molar-refractivity contribution in [3.05, 3.63) is 15.6 Å². The van der Waals surface area contributed by atoms with E-state index in [0.717, 1.165) is 18.4 Å². The predicted octanol–water partition coefficient (Wildman–Crippen LogP) is 5.25. The van der Waals surface area contributed by atoms with E-state index in [-0.39, 0.29) is 0 Å². The van der Waals surface area contributed by atoms with Gasteiger partial charge in [0.2, 0.25) is 0 Å². The molecule has 3 rings (SSSR count). The Hall–Kier alpha value is -0.410. The Bertz CT molecular complexity index is 476. The van der Waals surface area contributed by atoms with Gasteiger partial charge in [0, 0.05) is 10.9 Å². The van der Waals surface area contributed by atoms with Gasteiger partial charge in [-0.1, -0.05) is 46.0 Å². The summed E-state index contributed by atoms with van der Waals surface area (Å²) in [5, 5.41) is 1.35. The molecular weight excluding hydrogens is 300 g/mol. The van der Waals surface area contributed by atoms with Crippen LogP contribution in [-0.4, -0.2) is 29.0 Å². The number of aromatic nitrogens is 1. The van der Waals surface area contributed by atoms with Crippen LogP contribution in [0.4, 0.5) is 0 Å². The van der Waals surface area contributed by atoms with Crippen LogP contribution in [0, 0.1) is 5.92 Å². The van der Waals surface area contributed by atoms with Crippen molar-refractivity contribution in [1.29, 1.82) is 0 Å². The van der Waals surface area contributed by atoms with E-state index in [4.69, 9.17) is 4.98 Å². The van der Waals surface area contributed by atoms with Gasteiger partial charge >= 0.3 is 0 Å². The third kappa shape index (κ3) is 4.57. The second-order valence-corrected chi connectivity index (χ2v) is 8.72. The number of aryl methyl sites for hydroxylation is 2. The van der Waals surface area contributed by atoms with Gasteiger partial charge in [-0.25, -0.2) is 4.98 Å². The summed E-state index contributed by atoms with van der Waals surface area (Å²) in [7, 11) is 0. The van der Waals surface area contributed by atoms with Crippen molar-refractivity contribution in [3.63, 3.8) is 0 Å². The number of rotatable bonds is 7. The molecule has 1 saturated carbocycles. The Morgan fingerprint density at radius 3 is 2.65 bits per heavy atom. The lowest BCUT2D eigenvalue weighted by Crippen LogP contribution is -2.40. The van der Waals surface area contributed by atoms with Gasteiger partial charge in [0.05, 0.1) is 10.7 Å². The molecule has 1 unspecified atom stereocenters. The molecule has 0 radical (unpaired) electrons. The van der Waals surface area contributed by atoms with Crippen LogP contribution in [-0.2, 0) is 19.3 Å². The van der Waals surface area contributed by atoms with Crippen molar-refractivity contribution < 1.29 is 0 Å². The lowest BCUT2D eigenvalue weighted by atomic mass is 9.86. The third-order valence-corrected chi connectivity index (χ3v) is 7.10. The molecule has 130 valence electrons. The molecule has 1 heterocycles. The number of hydrogen-bond donors (Lipinski definition) is 0. The Balaban J connectivity index is 1.57. The molecule has 0 amide bonds. The Morgan fingerprint density at radius 1 is 1.09 bits per heavy atom. The van der Waals surface area contributed by atoms with Crippen LogP contribution < -0.4 is 0 Å². The van der Waals surface area contributed by atoms with E-state index in [9.17, 15) is 0 Å². The highest BCUT2D eigenvalue weighted by Gasteiger charge is 2.27. The topological polar surface area (TPSA) is 16.1 Å². The Labute approximate surface area is 146 Å². The minimum absolute atomic E-state index is 0.774. The Morgan fingerprint density at radius 2 is 1.91 bits per heavy atom. The fourth-order valence-corrected chi connectivity index (χ4v) is 5.59. The van der Waals surface area contributed by atoms with Crippen molar-refractivity contribution in [2.75, 3.05) is 13.1 Å². The maximum Gasteiger partial charge on any atom is 0.0928 e. The highest BCUT2D eigenvalue weighted by molar-refractivity contribution is 7.11. The van der Waals surface area contributed by atoms with Gasteiger partial charge in [0.15, 0.2) is 0 Å². The largest absolute Gasteiger partial charge is 0.300 e. The molecule has 0 saturated heterocycles. The van der Waals surface area contributed by atoms with Crippen LogP contribution in [0.2, 0.25) is 0 Å². The predicted molar refractivity (Wildman–Crippen MR) is 100 cm³/mol. The second-order valence-electron chi connectivity index (χ2n) is 7.56. The van der Waals surface area contributed by atoms with E-state index in [0.29, 0.717) is 0 Å². The van der Waals surface area contributed by atoms with E-state index < -0.39 is 0 Å². The molecule has 1 atom stereocenters. The van der Waals surface area contributed by atoms with Gasteiger partial charge in [-0.3, -0.25) is 0 Å². The zero-order valence-electron chi connectivity index (χ0n) is 15.1. The average Bonchev–Trinajstić information content (AvgIpc) is 3.02. The van der Waals surface area contributed by atoms with Crippen LogP contribution >= 0.6 is 11.3 Å². The van der Waals surface area contributed by atoms with Gasteiger partial charge in [-0.05, 0) is 57.5 Å². The van der Waals surface area contributed by atoms with Crippen LogP contribution in [0.3, 0.4) is 0 Å². The Kier molecular flexibility index (Phi) is 6.52. The molecule has 2 aliphatic rings. The minimum Gasteiger partial charge on any atom is -0.300 e. The molecule has 1 aromatic heterocycles. The van der Waals surface area contributed by atoms with Crippen molar-refractivity contribution in [3.8, 4) is 0 Å². The molecule has 0 spiro atoms. The number of nitrogens with zero attached hydrogens (tertiary/aromatic N) is 2. The summed E-state index contributed by atoms with van der Waals surface area (Å²) in [6.07, 6.45) is 15.0. The van der Waals surface area contributed by atoms with E-state index in [1.54, 1.807) is 4.88 Å². The van der Waals surface area contributed by atoms with Gasteiger partial charge in [-0.15, -0.1) is 11.3 Å². The van der Waals surface area contributed by atoms with E-state index in [1.165, 1.54) is 88.0 Å². The first kappa shape index (κ1) is 17.4. The van der Waals surface area contributed by atoms with Crippen LogP contribution in [0.5, 0.6) is 0 Å². The average molecular weight is 335 g/mol. The molecule has 0 aliphatic heterocycles. The zero-order chi connectivity index (χ0) is 16.1. The molecule has 23 heavy (non-hydrogen) atoms. The fraction of sp³-hybridized carbons (Fsp3) is 0.850. The van der Waals surface area contributed by atoms with Crippen molar-refractivity contribution in [2.24, 2.45) is 5.92 Å². The van der Waals surface area contributed by atoms with Gasteiger partial charge < -0.3 is 4.90 Å². The minimum atomic E-state index is 0.774. The summed E-state index contributed by atoms with van der Waals surface area (Å²) in [5.41, 5.74) is 1.42. The molecular formula is C20H34N2S. The number of hydrogen-bond acceptors (Lipinski definition) is 3. The summed E-state index contributed by atoms with van der Waals surface area (Å²) >= 11 is 1.98. The first-order chi connectivity index (χ1) is 11.3. The molecule has 0 bridgehead atoms. The standard InChI is InChI=1S/C20H34N2S/c1-3-13-22(14-12-16-8-6-5-7-9-16)17-10-11-18-19(15-17)23-20(4-2)21-18/h16-17H,3-15H2,1-2H3. The van der Waals surface area contributed by atoms with Crippen molar-refractivity contribution in [2.45, 2.75) is 90.5 Å². The summed E-state index contributed by atoms with van der Waals surface area (Å²) in [5.74, 6) is 1.01. The SMILES string of the molecule is CCCN(CCC1CCCCC1)C1CCc2nc(CC)sc2C1. The van der Waals surface area contributed by atoms with Gasteiger partial charge in [0.1, 0.15) is 0 Å². The molecule has 0 N–H and O–H groups in total. The van der Waals surface area contributed by atoms with Crippen molar-refractivity contribution in [1.82, 2.24) is 9.88 Å². The number of thiazole rings is 1. The summed E-state index contributed by atoms with van der Waals surface area (Å²) in [6.45, 7) is 7.18. The monoisotopic (exact) mass is 334 g/mol. The molecule has 3 heteroatoms. The number of fused-ring (bicyclic) bond motifs is 1. The van der Waals surface area contributed by atoms with Crippen LogP contribution in [0.25, 0.3) is 0 Å². The maximum atomic E-state index is 4.83. The quantitative estimate of drug-likeness (QED) is 0.677. The third-order valence-electron chi connectivity index (χ3n) is 5.84. The zero-order valence-corrected chi connectivity index (χ0v) is 16.0. The highest BCUT2D eigenvalue weighted by atomic mass is 32.1. The van der Waals surface area contributed by atoms with E-state index >= 15 is 0 Å². The molecule has 1 aromatic rings. The van der Waals surface area contributed by atoms with Crippen molar-refractivity contribution >= 4 is 11.3 Å². The summed E-state index contributed by atoms with van der Waals surface area (Å²) in [6, 6.07) is 0.774. The van der Waals surface area contributed by atoms with Crippen LogP contribution in [0.15, 0.2) is 0 Å². The lowest BCUT2D eigenvalue weighted by molar-refractivity contribution is 0.161. The smallest absolute Gasteiger partial charge is 0.0928 e. The molecule has 1 fully saturated rings. The molecule has 2 aliphatic carbocycles. The van der Waals surface area contributed by atoms with Gasteiger partial charge in [-0.2, -0.15) is 0 Å². The maximum absolute atomic E-state index is 4.83. The molecule has 0 aromatic carbocycles. The highest BCUT2D eigenvalue weighted by Crippen LogP contribution is 2.31. The van der Waals surface area contributed by atoms with E-state index in [2.05, 4.69) is 18.7 Å². The van der Waals surface area contributed by atoms with Gasteiger partial charge in [0.25, 0.3) is 0 Å². The lowest BCUT2D eigenvalue weighted by Gasteiger charge is -2.35. The van der Waals surface area contributed by atoms with Crippen LogP contribution in [0.1, 0.15) is 80.8 Å². The van der Waals surface area contributed by atoms with E-state index in [1.807, 2.05) is 11.3 Å². The first-order valence-corrected chi connectivity index (χ1v) is 10.8. The second kappa shape index (κ2) is 8.62. The molecule has 2 nitrogen and oxygen atoms in total. The normalized spacial score (nSPS) is 22.5. The summed E-state index contributed by atoms with van der Waals surface area (Å²) in [4.78, 5) is 9.25. The fourth-order valence-electron chi connectivity index (χ4n) is 4.46.